The summed E-state index contributed by atoms with van der Waals surface area (Å²) < 4.78 is 7.01. The van der Waals surface area contributed by atoms with Crippen LogP contribution in [0.25, 0.3) is 0 Å². The molecule has 0 bridgehead atoms. The summed E-state index contributed by atoms with van der Waals surface area (Å²) in [4.78, 5) is 28.6. The van der Waals surface area contributed by atoms with Gasteiger partial charge in [-0.25, -0.2) is 9.78 Å². The van der Waals surface area contributed by atoms with Crippen LogP contribution >= 0.6 is 11.8 Å². The normalized spacial score (nSPS) is 14.7. The first-order chi connectivity index (χ1) is 13.5. The number of esters is 1. The van der Waals surface area contributed by atoms with E-state index in [1.807, 2.05) is 6.92 Å². The fourth-order valence-electron chi connectivity index (χ4n) is 3.60. The number of hydrogen-bond donors (Lipinski definition) is 1. The van der Waals surface area contributed by atoms with E-state index in [0.717, 1.165) is 10.9 Å². The van der Waals surface area contributed by atoms with E-state index in [1.54, 1.807) is 24.3 Å². The van der Waals surface area contributed by atoms with Crippen molar-refractivity contribution >= 4 is 29.3 Å². The standard InChI is InChI=1S/C21H27N3O3S/c1-14-15(2)24(18-7-5-4-6-8-18)21(22-14)28-13-19(25)23-17-11-9-16(10-12-17)20(26)27-3/h9-12,18H,4-8,13H2,1-3H3,(H,23,25). The van der Waals surface area contributed by atoms with Gasteiger partial charge in [-0.2, -0.15) is 0 Å². The van der Waals surface area contributed by atoms with Crippen molar-refractivity contribution in [1.29, 1.82) is 0 Å². The molecule has 1 aliphatic rings. The maximum absolute atomic E-state index is 12.4. The van der Waals surface area contributed by atoms with E-state index in [1.165, 1.54) is 56.7 Å². The second kappa shape index (κ2) is 9.28. The van der Waals surface area contributed by atoms with Crippen LogP contribution in [0.15, 0.2) is 29.4 Å². The minimum atomic E-state index is -0.395. The predicted octanol–water partition coefficient (Wildman–Crippen LogP) is 4.52. The lowest BCUT2D eigenvalue weighted by Crippen LogP contribution is -2.17. The molecule has 0 radical (unpaired) electrons. The molecule has 1 N–H and O–H groups in total. The molecule has 150 valence electrons. The molecule has 0 saturated heterocycles. The number of anilines is 1. The number of thioether (sulfide) groups is 1. The number of ether oxygens (including phenoxy) is 1. The number of amides is 1. The van der Waals surface area contributed by atoms with Crippen molar-refractivity contribution in [3.05, 3.63) is 41.2 Å². The van der Waals surface area contributed by atoms with Crippen LogP contribution in [0.2, 0.25) is 0 Å². The Balaban J connectivity index is 1.61. The van der Waals surface area contributed by atoms with Crippen LogP contribution in [0.1, 0.15) is 59.9 Å². The molecule has 28 heavy (non-hydrogen) atoms. The Morgan fingerprint density at radius 3 is 2.50 bits per heavy atom. The molecule has 0 aliphatic heterocycles. The molecule has 2 aromatic rings. The summed E-state index contributed by atoms with van der Waals surface area (Å²) in [5.41, 5.74) is 3.34. The third-order valence-electron chi connectivity index (χ3n) is 5.22. The SMILES string of the molecule is COC(=O)c1ccc(NC(=O)CSc2nc(C)c(C)n2C2CCCCC2)cc1. The molecule has 1 aliphatic carbocycles. The number of nitrogens with one attached hydrogen (secondary N) is 1. The van der Waals surface area contributed by atoms with Gasteiger partial charge in [-0.15, -0.1) is 0 Å². The zero-order valence-corrected chi connectivity index (χ0v) is 17.5. The molecular formula is C21H27N3O3S. The number of aromatic nitrogens is 2. The highest BCUT2D eigenvalue weighted by atomic mass is 32.2. The van der Waals surface area contributed by atoms with Crippen LogP contribution in [0.4, 0.5) is 5.69 Å². The van der Waals surface area contributed by atoms with E-state index in [2.05, 4.69) is 21.5 Å². The maximum atomic E-state index is 12.4. The smallest absolute Gasteiger partial charge is 0.337 e. The largest absolute Gasteiger partial charge is 0.465 e. The molecule has 3 rings (SSSR count). The van der Waals surface area contributed by atoms with Crippen molar-refractivity contribution < 1.29 is 14.3 Å². The summed E-state index contributed by atoms with van der Waals surface area (Å²) in [5, 5.41) is 3.80. The van der Waals surface area contributed by atoms with Gasteiger partial charge < -0.3 is 14.6 Å². The van der Waals surface area contributed by atoms with Crippen molar-refractivity contribution in [2.75, 3.05) is 18.2 Å². The molecule has 1 saturated carbocycles. The van der Waals surface area contributed by atoms with Gasteiger partial charge in [0.25, 0.3) is 0 Å². The minimum absolute atomic E-state index is 0.0932. The molecule has 0 unspecified atom stereocenters. The summed E-state index contributed by atoms with van der Waals surface area (Å²) >= 11 is 1.48. The predicted molar refractivity (Wildman–Crippen MR) is 111 cm³/mol. The first-order valence-electron chi connectivity index (χ1n) is 9.66. The molecule has 1 aromatic carbocycles. The molecule has 0 atom stereocenters. The Kier molecular flexibility index (Phi) is 6.78. The summed E-state index contributed by atoms with van der Waals surface area (Å²) in [6.45, 7) is 4.14. The number of carbonyl (C=O) groups excluding carboxylic acids is 2. The van der Waals surface area contributed by atoms with Gasteiger partial charge in [0.1, 0.15) is 0 Å². The van der Waals surface area contributed by atoms with E-state index in [0.29, 0.717) is 23.0 Å². The quantitative estimate of drug-likeness (QED) is 0.569. The van der Waals surface area contributed by atoms with Gasteiger partial charge in [0.2, 0.25) is 5.91 Å². The van der Waals surface area contributed by atoms with Gasteiger partial charge in [0.05, 0.1) is 24.1 Å². The number of methoxy groups -OCH3 is 1. The molecule has 1 fully saturated rings. The lowest BCUT2D eigenvalue weighted by molar-refractivity contribution is -0.113. The topological polar surface area (TPSA) is 73.2 Å². The Hall–Kier alpha value is -2.28. The van der Waals surface area contributed by atoms with Crippen LogP contribution < -0.4 is 5.32 Å². The van der Waals surface area contributed by atoms with Gasteiger partial charge in [-0.1, -0.05) is 31.0 Å². The van der Waals surface area contributed by atoms with Crippen LogP contribution in [0, 0.1) is 13.8 Å². The third-order valence-corrected chi connectivity index (χ3v) is 6.17. The van der Waals surface area contributed by atoms with Crippen molar-refractivity contribution in [2.45, 2.75) is 57.1 Å². The molecular weight excluding hydrogens is 374 g/mol. The Morgan fingerprint density at radius 1 is 1.18 bits per heavy atom. The fourth-order valence-corrected chi connectivity index (χ4v) is 4.56. The van der Waals surface area contributed by atoms with Gasteiger partial charge >= 0.3 is 5.97 Å². The highest BCUT2D eigenvalue weighted by Crippen LogP contribution is 2.34. The number of rotatable bonds is 6. The number of benzene rings is 1. The Morgan fingerprint density at radius 2 is 1.86 bits per heavy atom. The molecule has 1 aromatic heterocycles. The second-order valence-electron chi connectivity index (χ2n) is 7.13. The van der Waals surface area contributed by atoms with E-state index in [4.69, 9.17) is 4.98 Å². The van der Waals surface area contributed by atoms with Crippen molar-refractivity contribution in [2.24, 2.45) is 0 Å². The zero-order valence-electron chi connectivity index (χ0n) is 16.7. The van der Waals surface area contributed by atoms with Crippen LogP contribution in [-0.2, 0) is 9.53 Å². The van der Waals surface area contributed by atoms with Gasteiger partial charge in [0, 0.05) is 17.4 Å². The Labute approximate surface area is 170 Å². The van der Waals surface area contributed by atoms with Gasteiger partial charge in [-0.3, -0.25) is 4.79 Å². The lowest BCUT2D eigenvalue weighted by atomic mass is 9.95. The lowest BCUT2D eigenvalue weighted by Gasteiger charge is -2.26. The van der Waals surface area contributed by atoms with Crippen LogP contribution in [0.5, 0.6) is 0 Å². The summed E-state index contributed by atoms with van der Waals surface area (Å²) in [7, 11) is 1.34. The average molecular weight is 402 g/mol. The molecule has 1 amide bonds. The van der Waals surface area contributed by atoms with Gasteiger partial charge in [0.15, 0.2) is 5.16 Å². The number of imidazole rings is 1. The van der Waals surface area contributed by atoms with Gasteiger partial charge in [-0.05, 0) is 51.0 Å². The number of nitrogens with zero attached hydrogens (tertiary/aromatic N) is 2. The average Bonchev–Trinajstić information content (AvgIpc) is 3.00. The minimum Gasteiger partial charge on any atom is -0.465 e. The van der Waals surface area contributed by atoms with Crippen molar-refractivity contribution in [3.8, 4) is 0 Å². The number of aryl methyl sites for hydroxylation is 1. The first-order valence-corrected chi connectivity index (χ1v) is 10.6. The second-order valence-corrected chi connectivity index (χ2v) is 8.08. The summed E-state index contributed by atoms with van der Waals surface area (Å²) in [5.74, 6) is -0.195. The highest BCUT2D eigenvalue weighted by Gasteiger charge is 2.22. The number of hydrogen-bond acceptors (Lipinski definition) is 5. The molecule has 7 heteroatoms. The summed E-state index contributed by atoms with van der Waals surface area (Å²) in [6.07, 6.45) is 6.19. The Bertz CT molecular complexity index is 839. The zero-order chi connectivity index (χ0) is 20.1. The highest BCUT2D eigenvalue weighted by molar-refractivity contribution is 7.99. The van der Waals surface area contributed by atoms with Crippen LogP contribution in [-0.4, -0.2) is 34.3 Å². The van der Waals surface area contributed by atoms with E-state index >= 15 is 0 Å². The third kappa shape index (κ3) is 4.76. The number of carbonyl (C=O) groups is 2. The van der Waals surface area contributed by atoms with E-state index in [-0.39, 0.29) is 5.91 Å². The van der Waals surface area contributed by atoms with E-state index < -0.39 is 5.97 Å². The molecule has 6 nitrogen and oxygen atoms in total. The molecule has 1 heterocycles. The monoisotopic (exact) mass is 401 g/mol. The van der Waals surface area contributed by atoms with Crippen molar-refractivity contribution in [3.63, 3.8) is 0 Å². The van der Waals surface area contributed by atoms with E-state index in [9.17, 15) is 9.59 Å². The van der Waals surface area contributed by atoms with Crippen molar-refractivity contribution in [1.82, 2.24) is 9.55 Å². The fraction of sp³-hybridized carbons (Fsp3) is 0.476. The first kappa shape index (κ1) is 20.5. The van der Waals surface area contributed by atoms with Crippen LogP contribution in [0.3, 0.4) is 0 Å². The molecule has 0 spiro atoms. The summed E-state index contributed by atoms with van der Waals surface area (Å²) in [6, 6.07) is 7.16. The maximum Gasteiger partial charge on any atom is 0.337 e.